The first kappa shape index (κ1) is 19.2. The number of aryl methyl sites for hydroxylation is 2. The summed E-state index contributed by atoms with van der Waals surface area (Å²) >= 11 is 0. The minimum atomic E-state index is -0.513. The number of rotatable bonds is 8. The highest BCUT2D eigenvalue weighted by Gasteiger charge is 2.30. The van der Waals surface area contributed by atoms with Crippen LogP contribution in [0.4, 0.5) is 0 Å². The molecule has 27 heavy (non-hydrogen) atoms. The lowest BCUT2D eigenvalue weighted by Crippen LogP contribution is -2.23. The Morgan fingerprint density at radius 1 is 1.33 bits per heavy atom. The Kier molecular flexibility index (Phi) is 6.01. The van der Waals surface area contributed by atoms with Gasteiger partial charge < -0.3 is 19.7 Å². The maximum atomic E-state index is 11.0. The molecule has 1 aliphatic rings. The van der Waals surface area contributed by atoms with Gasteiger partial charge in [-0.05, 0) is 57.9 Å². The molecule has 2 heterocycles. The van der Waals surface area contributed by atoms with Crippen LogP contribution in [0, 0.1) is 13.8 Å². The fourth-order valence-electron chi connectivity index (χ4n) is 3.73. The maximum Gasteiger partial charge on any atom is 0.255 e. The van der Waals surface area contributed by atoms with E-state index in [0.717, 1.165) is 42.9 Å². The number of carbonyl (C=O) groups is 1. The van der Waals surface area contributed by atoms with Crippen molar-refractivity contribution in [3.63, 3.8) is 0 Å². The van der Waals surface area contributed by atoms with Gasteiger partial charge in [-0.15, -0.1) is 0 Å². The second-order valence-electron chi connectivity index (χ2n) is 6.84. The minimum Gasteiger partial charge on any atom is -0.490 e. The van der Waals surface area contributed by atoms with Gasteiger partial charge in [0.15, 0.2) is 18.1 Å². The molecule has 0 saturated carbocycles. The van der Waals surface area contributed by atoms with Gasteiger partial charge in [-0.3, -0.25) is 9.69 Å². The molecule has 0 aliphatic carbocycles. The fourth-order valence-corrected chi connectivity index (χ4v) is 3.73. The van der Waals surface area contributed by atoms with Crippen LogP contribution in [0.1, 0.15) is 48.4 Å². The maximum absolute atomic E-state index is 11.0. The Labute approximate surface area is 159 Å². The molecule has 1 aromatic carbocycles. The molecule has 0 spiro atoms. The molecule has 1 aromatic heterocycles. The van der Waals surface area contributed by atoms with Crippen LogP contribution in [-0.2, 0) is 11.3 Å². The monoisotopic (exact) mass is 373 g/mol. The lowest BCUT2D eigenvalue weighted by atomic mass is 10.0. The first-order chi connectivity index (χ1) is 13.0. The fraction of sp³-hybridized carbons (Fsp3) is 0.500. The molecule has 2 aromatic rings. The lowest BCUT2D eigenvalue weighted by molar-refractivity contribution is -0.119. The number of amides is 1. The van der Waals surface area contributed by atoms with Crippen molar-refractivity contribution < 1.29 is 18.8 Å². The molecule has 3 rings (SSSR count). The molecule has 7 heteroatoms. The molecule has 0 bridgehead atoms. The summed E-state index contributed by atoms with van der Waals surface area (Å²) in [6, 6.07) is 6.13. The first-order valence-corrected chi connectivity index (χ1v) is 9.33. The SMILES string of the molecule is CCOc1cc(CN2CCCC2c2c(C)noc2C)ccc1OCC(N)=O. The number of likely N-dealkylation sites (tertiary alicyclic amines) is 1. The second-order valence-corrected chi connectivity index (χ2v) is 6.84. The summed E-state index contributed by atoms with van der Waals surface area (Å²) in [6.07, 6.45) is 2.24. The van der Waals surface area contributed by atoms with Crippen molar-refractivity contribution in [1.82, 2.24) is 10.1 Å². The summed E-state index contributed by atoms with van der Waals surface area (Å²) in [4.78, 5) is 13.4. The molecule has 1 amide bonds. The van der Waals surface area contributed by atoms with Crippen LogP contribution in [0.2, 0.25) is 0 Å². The molecule has 0 radical (unpaired) electrons. The van der Waals surface area contributed by atoms with Crippen molar-refractivity contribution in [2.24, 2.45) is 5.73 Å². The van der Waals surface area contributed by atoms with Crippen LogP contribution in [0.3, 0.4) is 0 Å². The molecule has 7 nitrogen and oxygen atoms in total. The standard InChI is InChI=1S/C20H27N3O4/c1-4-25-18-10-15(7-8-17(18)26-12-19(21)24)11-23-9-5-6-16(23)20-13(2)22-27-14(20)3/h7-8,10,16H,4-6,9,11-12H2,1-3H3,(H2,21,24). The number of aromatic nitrogens is 1. The van der Waals surface area contributed by atoms with Gasteiger partial charge in [0.05, 0.1) is 12.3 Å². The van der Waals surface area contributed by atoms with Gasteiger partial charge in [0.25, 0.3) is 5.91 Å². The average molecular weight is 373 g/mol. The van der Waals surface area contributed by atoms with Crippen molar-refractivity contribution in [2.75, 3.05) is 19.8 Å². The van der Waals surface area contributed by atoms with Crippen LogP contribution in [0.5, 0.6) is 11.5 Å². The van der Waals surface area contributed by atoms with E-state index in [0.29, 0.717) is 24.1 Å². The highest BCUT2D eigenvalue weighted by Crippen LogP contribution is 2.37. The lowest BCUT2D eigenvalue weighted by Gasteiger charge is -2.25. The molecule has 1 aliphatic heterocycles. The summed E-state index contributed by atoms with van der Waals surface area (Å²) in [6.45, 7) is 8.06. The van der Waals surface area contributed by atoms with Gasteiger partial charge in [0, 0.05) is 18.2 Å². The van der Waals surface area contributed by atoms with E-state index < -0.39 is 5.91 Å². The van der Waals surface area contributed by atoms with E-state index in [9.17, 15) is 4.79 Å². The molecule has 1 unspecified atom stereocenters. The number of nitrogens with two attached hydrogens (primary N) is 1. The number of hydrogen-bond donors (Lipinski definition) is 1. The molecule has 2 N–H and O–H groups in total. The van der Waals surface area contributed by atoms with Crippen LogP contribution < -0.4 is 15.2 Å². The quantitative estimate of drug-likeness (QED) is 0.765. The van der Waals surface area contributed by atoms with Gasteiger partial charge in [0.2, 0.25) is 0 Å². The topological polar surface area (TPSA) is 90.8 Å². The average Bonchev–Trinajstić information content (AvgIpc) is 3.20. The Hall–Kier alpha value is -2.54. The van der Waals surface area contributed by atoms with Crippen LogP contribution in [-0.4, -0.2) is 35.7 Å². The number of carbonyl (C=O) groups excluding carboxylic acids is 1. The first-order valence-electron chi connectivity index (χ1n) is 9.33. The van der Waals surface area contributed by atoms with Crippen LogP contribution >= 0.6 is 0 Å². The summed E-state index contributed by atoms with van der Waals surface area (Å²) < 4.78 is 16.5. The Morgan fingerprint density at radius 3 is 2.81 bits per heavy atom. The zero-order chi connectivity index (χ0) is 19.4. The van der Waals surface area contributed by atoms with E-state index in [1.165, 1.54) is 5.56 Å². The highest BCUT2D eigenvalue weighted by molar-refractivity contribution is 5.75. The number of benzene rings is 1. The Bertz CT molecular complexity index is 783. The van der Waals surface area contributed by atoms with Crippen molar-refractivity contribution in [2.45, 2.75) is 46.2 Å². The van der Waals surface area contributed by atoms with Gasteiger partial charge in [-0.2, -0.15) is 0 Å². The molecule has 1 fully saturated rings. The zero-order valence-corrected chi connectivity index (χ0v) is 16.2. The largest absolute Gasteiger partial charge is 0.490 e. The molecule has 1 atom stereocenters. The van der Waals surface area contributed by atoms with Crippen molar-refractivity contribution in [3.05, 3.63) is 40.8 Å². The van der Waals surface area contributed by atoms with E-state index in [-0.39, 0.29) is 6.61 Å². The highest BCUT2D eigenvalue weighted by atomic mass is 16.5. The summed E-state index contributed by atoms with van der Waals surface area (Å²) in [7, 11) is 0. The number of primary amides is 1. The van der Waals surface area contributed by atoms with Gasteiger partial charge in [0.1, 0.15) is 5.76 Å². The minimum absolute atomic E-state index is 0.167. The molecular formula is C20H27N3O4. The van der Waals surface area contributed by atoms with Crippen molar-refractivity contribution in [3.8, 4) is 11.5 Å². The van der Waals surface area contributed by atoms with E-state index in [1.54, 1.807) is 0 Å². The third-order valence-electron chi connectivity index (χ3n) is 4.85. The van der Waals surface area contributed by atoms with Gasteiger partial charge >= 0.3 is 0 Å². The third-order valence-corrected chi connectivity index (χ3v) is 4.85. The number of hydrogen-bond acceptors (Lipinski definition) is 6. The van der Waals surface area contributed by atoms with Gasteiger partial charge in [-0.25, -0.2) is 0 Å². The van der Waals surface area contributed by atoms with Crippen molar-refractivity contribution in [1.29, 1.82) is 0 Å². The molecule has 146 valence electrons. The van der Waals surface area contributed by atoms with Crippen molar-refractivity contribution >= 4 is 5.91 Å². The van der Waals surface area contributed by atoms with Crippen LogP contribution in [0.25, 0.3) is 0 Å². The summed E-state index contributed by atoms with van der Waals surface area (Å²) in [5, 5.41) is 4.11. The Morgan fingerprint density at radius 2 is 2.15 bits per heavy atom. The second kappa shape index (κ2) is 8.43. The van der Waals surface area contributed by atoms with E-state index >= 15 is 0 Å². The van der Waals surface area contributed by atoms with Crippen LogP contribution in [0.15, 0.2) is 22.7 Å². The van der Waals surface area contributed by atoms with E-state index in [1.807, 2.05) is 39.0 Å². The molecule has 1 saturated heterocycles. The van der Waals surface area contributed by atoms with E-state index in [2.05, 4.69) is 10.1 Å². The third kappa shape index (κ3) is 4.42. The Balaban J connectivity index is 1.78. The normalized spacial score (nSPS) is 17.2. The number of ether oxygens (including phenoxy) is 2. The number of nitrogens with zero attached hydrogens (tertiary/aromatic N) is 2. The summed E-state index contributed by atoms with van der Waals surface area (Å²) in [5.74, 6) is 1.54. The van der Waals surface area contributed by atoms with E-state index in [4.69, 9.17) is 19.7 Å². The zero-order valence-electron chi connectivity index (χ0n) is 16.2. The smallest absolute Gasteiger partial charge is 0.255 e. The predicted octanol–water partition coefficient (Wildman–Crippen LogP) is 2.89. The molecular weight excluding hydrogens is 346 g/mol. The van der Waals surface area contributed by atoms with Gasteiger partial charge in [-0.1, -0.05) is 11.2 Å². The summed E-state index contributed by atoms with van der Waals surface area (Å²) in [5.41, 5.74) is 8.47. The predicted molar refractivity (Wildman–Crippen MR) is 101 cm³/mol.